The molecular weight excluding hydrogens is 436 g/mol. The Bertz CT molecular complexity index is 1370. The summed E-state index contributed by atoms with van der Waals surface area (Å²) in [6.07, 6.45) is 0. The van der Waals surface area contributed by atoms with E-state index in [1.54, 1.807) is 42.5 Å². The average molecular weight is 453 g/mol. The Morgan fingerprint density at radius 2 is 1.74 bits per heavy atom. The van der Waals surface area contributed by atoms with Crippen LogP contribution < -0.4 is 5.56 Å². The number of aromatic nitrogens is 2. The molecule has 0 atom stereocenters. The average Bonchev–Trinajstić information content (AvgIpc) is 3.06. The van der Waals surface area contributed by atoms with Crippen LogP contribution in [0.1, 0.15) is 42.5 Å². The third-order valence-corrected chi connectivity index (χ3v) is 6.28. The van der Waals surface area contributed by atoms with Gasteiger partial charge in [-0.2, -0.15) is 0 Å². The van der Waals surface area contributed by atoms with Gasteiger partial charge in [-0.25, -0.2) is 9.78 Å². The number of carbonyl (C=O) groups is 2. The maximum Gasteiger partial charge on any atom is 0.339 e. The lowest BCUT2D eigenvalue weighted by atomic mass is 9.98. The van der Waals surface area contributed by atoms with Gasteiger partial charge in [0.1, 0.15) is 17.3 Å². The molecule has 1 N–H and O–H groups in total. The molecule has 2 aromatic carbocycles. The van der Waals surface area contributed by atoms with Crippen LogP contribution in [0.25, 0.3) is 10.2 Å². The van der Waals surface area contributed by atoms with Gasteiger partial charge < -0.3 is 9.72 Å². The van der Waals surface area contributed by atoms with Crippen molar-refractivity contribution in [2.24, 2.45) is 0 Å². The van der Waals surface area contributed by atoms with Gasteiger partial charge in [0.2, 0.25) is 0 Å². The lowest BCUT2D eigenvalue weighted by Gasteiger charge is -2.09. The number of H-pyrrole nitrogens is 1. The number of rotatable bonds is 5. The topological polar surface area (TPSA) is 89.1 Å². The lowest BCUT2D eigenvalue weighted by Crippen LogP contribution is -2.16. The molecule has 0 radical (unpaired) electrons. The Hall–Kier alpha value is -3.29. The molecule has 0 bridgehead atoms. The van der Waals surface area contributed by atoms with Gasteiger partial charge >= 0.3 is 5.97 Å². The van der Waals surface area contributed by atoms with Crippen LogP contribution in [0.5, 0.6) is 0 Å². The number of nitrogens with zero attached hydrogens (tertiary/aromatic N) is 1. The number of hydrogen-bond acceptors (Lipinski definition) is 6. The number of ketones is 1. The van der Waals surface area contributed by atoms with Crippen molar-refractivity contribution in [1.82, 2.24) is 9.97 Å². The number of fused-ring (bicyclic) bond motifs is 1. The Balaban J connectivity index is 1.57. The van der Waals surface area contributed by atoms with Crippen LogP contribution in [-0.2, 0) is 11.3 Å². The van der Waals surface area contributed by atoms with Crippen molar-refractivity contribution >= 4 is 44.9 Å². The zero-order valence-corrected chi connectivity index (χ0v) is 18.3. The molecule has 31 heavy (non-hydrogen) atoms. The molecule has 0 amide bonds. The summed E-state index contributed by atoms with van der Waals surface area (Å²) in [6.45, 7) is 3.58. The van der Waals surface area contributed by atoms with E-state index in [0.717, 1.165) is 10.4 Å². The van der Waals surface area contributed by atoms with Gasteiger partial charge in [-0.15, -0.1) is 11.3 Å². The zero-order chi connectivity index (χ0) is 22.1. The van der Waals surface area contributed by atoms with Crippen molar-refractivity contribution in [3.8, 4) is 0 Å². The molecule has 0 aliphatic rings. The van der Waals surface area contributed by atoms with Gasteiger partial charge in [-0.1, -0.05) is 29.8 Å². The molecule has 6 nitrogen and oxygen atoms in total. The maximum absolute atomic E-state index is 12.9. The predicted octanol–water partition coefficient (Wildman–Crippen LogP) is 4.84. The van der Waals surface area contributed by atoms with Crippen molar-refractivity contribution in [1.29, 1.82) is 0 Å². The summed E-state index contributed by atoms with van der Waals surface area (Å²) in [5, 5.41) is 1.07. The third-order valence-electron chi connectivity index (χ3n) is 4.93. The summed E-state index contributed by atoms with van der Waals surface area (Å²) >= 11 is 7.30. The van der Waals surface area contributed by atoms with Crippen molar-refractivity contribution in [3.05, 3.63) is 96.9 Å². The predicted molar refractivity (Wildman–Crippen MR) is 120 cm³/mol. The van der Waals surface area contributed by atoms with Crippen LogP contribution in [0, 0.1) is 13.8 Å². The maximum atomic E-state index is 12.9. The second kappa shape index (κ2) is 8.45. The van der Waals surface area contributed by atoms with Gasteiger partial charge in [0.05, 0.1) is 10.9 Å². The largest absolute Gasteiger partial charge is 0.454 e. The van der Waals surface area contributed by atoms with Crippen molar-refractivity contribution < 1.29 is 14.3 Å². The smallest absolute Gasteiger partial charge is 0.339 e. The molecule has 0 fully saturated rings. The summed E-state index contributed by atoms with van der Waals surface area (Å²) in [4.78, 5) is 46.7. The third kappa shape index (κ3) is 4.15. The van der Waals surface area contributed by atoms with E-state index in [2.05, 4.69) is 9.97 Å². The Morgan fingerprint density at radius 3 is 2.45 bits per heavy atom. The summed E-state index contributed by atoms with van der Waals surface area (Å²) in [6, 6.07) is 12.8. The SMILES string of the molecule is Cc1sc2nc(COC(=O)c3ccccc3C(=O)c3ccc(Cl)cc3)[nH]c(=O)c2c1C. The van der Waals surface area contributed by atoms with Gasteiger partial charge in [0.15, 0.2) is 5.78 Å². The fourth-order valence-electron chi connectivity index (χ4n) is 3.20. The number of carbonyl (C=O) groups excluding carboxylic acids is 2. The van der Waals surface area contributed by atoms with Crippen molar-refractivity contribution in [2.75, 3.05) is 0 Å². The lowest BCUT2D eigenvalue weighted by molar-refractivity contribution is 0.0460. The molecule has 0 unspecified atom stereocenters. The molecular formula is C23H17ClN2O4S. The minimum absolute atomic E-state index is 0.133. The molecule has 0 aliphatic heterocycles. The number of halogens is 1. The zero-order valence-electron chi connectivity index (χ0n) is 16.7. The van der Waals surface area contributed by atoms with Crippen LogP contribution in [-0.4, -0.2) is 21.7 Å². The molecule has 0 aliphatic carbocycles. The Kier molecular flexibility index (Phi) is 5.71. The highest BCUT2D eigenvalue weighted by atomic mass is 35.5. The number of ether oxygens (including phenoxy) is 1. The first kappa shape index (κ1) is 21.0. The van der Waals surface area contributed by atoms with E-state index in [0.29, 0.717) is 20.8 Å². The van der Waals surface area contributed by atoms with Gasteiger partial charge in [-0.05, 0) is 49.7 Å². The van der Waals surface area contributed by atoms with Gasteiger partial charge in [-0.3, -0.25) is 9.59 Å². The molecule has 2 heterocycles. The molecule has 0 saturated heterocycles. The summed E-state index contributed by atoms with van der Waals surface area (Å²) < 4.78 is 5.36. The normalized spacial score (nSPS) is 10.9. The monoisotopic (exact) mass is 452 g/mol. The molecule has 0 spiro atoms. The van der Waals surface area contributed by atoms with E-state index in [-0.39, 0.29) is 34.9 Å². The number of hydrogen-bond donors (Lipinski definition) is 1. The first-order valence-electron chi connectivity index (χ1n) is 9.40. The minimum atomic E-state index is -0.681. The summed E-state index contributed by atoms with van der Waals surface area (Å²) in [5.41, 5.74) is 1.39. The number of nitrogens with one attached hydrogen (secondary N) is 1. The van der Waals surface area contributed by atoms with Crippen LogP contribution in [0.4, 0.5) is 0 Å². The molecule has 2 aromatic heterocycles. The molecule has 8 heteroatoms. The number of benzene rings is 2. The number of aryl methyl sites for hydroxylation is 2. The van der Waals surface area contributed by atoms with E-state index >= 15 is 0 Å². The Labute approximate surface area is 186 Å². The Morgan fingerprint density at radius 1 is 1.06 bits per heavy atom. The fourth-order valence-corrected chi connectivity index (χ4v) is 4.37. The molecule has 4 rings (SSSR count). The standard InChI is InChI=1S/C23H17ClN2O4S/c1-12-13(2)31-22-19(12)21(28)25-18(26-22)11-30-23(29)17-6-4-3-5-16(17)20(27)14-7-9-15(24)10-8-14/h3-10H,11H2,1-2H3,(H,25,26,28). The highest BCUT2D eigenvalue weighted by molar-refractivity contribution is 7.18. The van der Waals surface area contributed by atoms with Crippen molar-refractivity contribution in [3.63, 3.8) is 0 Å². The second-order valence-electron chi connectivity index (χ2n) is 6.93. The van der Waals surface area contributed by atoms with E-state index < -0.39 is 5.97 Å². The van der Waals surface area contributed by atoms with E-state index in [1.165, 1.54) is 17.4 Å². The second-order valence-corrected chi connectivity index (χ2v) is 8.57. The number of esters is 1. The molecule has 4 aromatic rings. The van der Waals surface area contributed by atoms with Crippen LogP contribution in [0.2, 0.25) is 5.02 Å². The quantitative estimate of drug-likeness (QED) is 0.345. The minimum Gasteiger partial charge on any atom is -0.454 e. The first-order valence-corrected chi connectivity index (χ1v) is 10.6. The highest BCUT2D eigenvalue weighted by Crippen LogP contribution is 2.26. The molecule has 0 saturated carbocycles. The van der Waals surface area contributed by atoms with E-state index in [4.69, 9.17) is 16.3 Å². The van der Waals surface area contributed by atoms with Gasteiger partial charge in [0.25, 0.3) is 5.56 Å². The fraction of sp³-hybridized carbons (Fsp3) is 0.130. The first-order chi connectivity index (χ1) is 14.8. The van der Waals surface area contributed by atoms with E-state index in [1.807, 2.05) is 13.8 Å². The summed E-state index contributed by atoms with van der Waals surface area (Å²) in [5.74, 6) is -0.755. The number of aromatic amines is 1. The summed E-state index contributed by atoms with van der Waals surface area (Å²) in [7, 11) is 0. The van der Waals surface area contributed by atoms with Crippen LogP contribution in [0.3, 0.4) is 0 Å². The number of thiophene rings is 1. The van der Waals surface area contributed by atoms with Crippen LogP contribution in [0.15, 0.2) is 53.3 Å². The van der Waals surface area contributed by atoms with Gasteiger partial charge in [0, 0.05) is 21.0 Å². The molecule has 156 valence electrons. The van der Waals surface area contributed by atoms with E-state index in [9.17, 15) is 14.4 Å². The van der Waals surface area contributed by atoms with Crippen LogP contribution >= 0.6 is 22.9 Å². The van der Waals surface area contributed by atoms with Crippen molar-refractivity contribution in [2.45, 2.75) is 20.5 Å². The highest BCUT2D eigenvalue weighted by Gasteiger charge is 2.20.